The number of ether oxygens (including phenoxy) is 1. The lowest BCUT2D eigenvalue weighted by atomic mass is 10.1. The van der Waals surface area contributed by atoms with Gasteiger partial charge in [-0.2, -0.15) is 13.2 Å². The molecule has 2 aromatic rings. The maximum Gasteiger partial charge on any atom is 0.418 e. The van der Waals surface area contributed by atoms with Gasteiger partial charge in [0.2, 0.25) is 0 Å². The Hall–Kier alpha value is -2.61. The average Bonchev–Trinajstić information content (AvgIpc) is 2.52. The summed E-state index contributed by atoms with van der Waals surface area (Å²) in [7, 11) is 0. The van der Waals surface area contributed by atoms with E-state index in [-0.39, 0.29) is 5.02 Å². The third-order valence-corrected chi connectivity index (χ3v) is 3.32. The molecule has 2 aromatic carbocycles. The van der Waals surface area contributed by atoms with Crippen molar-refractivity contribution >= 4 is 29.2 Å². The number of para-hydroxylation sites is 1. The van der Waals surface area contributed by atoms with Crippen molar-refractivity contribution in [3.8, 4) is 0 Å². The van der Waals surface area contributed by atoms with Crippen LogP contribution in [-0.2, 0) is 15.7 Å². The minimum atomic E-state index is -4.67. The topological polar surface area (TPSA) is 55.4 Å². The number of amides is 1. The predicted octanol–water partition coefficient (Wildman–Crippen LogP) is 4.29. The van der Waals surface area contributed by atoms with Crippen molar-refractivity contribution in [2.45, 2.75) is 6.18 Å². The van der Waals surface area contributed by atoms with Crippen LogP contribution in [0.15, 0.2) is 42.5 Å². The van der Waals surface area contributed by atoms with Gasteiger partial charge < -0.3 is 10.1 Å². The molecule has 0 aliphatic carbocycles. The minimum Gasteiger partial charge on any atom is -0.452 e. The van der Waals surface area contributed by atoms with E-state index >= 15 is 0 Å². The van der Waals surface area contributed by atoms with E-state index in [4.69, 9.17) is 11.6 Å². The van der Waals surface area contributed by atoms with Gasteiger partial charge in [0.25, 0.3) is 5.91 Å². The number of hydrogen-bond acceptors (Lipinski definition) is 3. The van der Waals surface area contributed by atoms with Gasteiger partial charge in [0.05, 0.1) is 16.3 Å². The molecule has 0 saturated carbocycles. The molecule has 0 atom stereocenters. The molecule has 0 fully saturated rings. The van der Waals surface area contributed by atoms with Crippen molar-refractivity contribution in [2.75, 3.05) is 11.9 Å². The second-order valence-electron chi connectivity index (χ2n) is 4.76. The number of halogens is 5. The number of benzene rings is 2. The zero-order valence-corrected chi connectivity index (χ0v) is 13.1. The molecule has 0 radical (unpaired) electrons. The number of anilines is 1. The number of esters is 1. The summed E-state index contributed by atoms with van der Waals surface area (Å²) in [6.45, 7) is -0.907. The molecule has 2 rings (SSSR count). The van der Waals surface area contributed by atoms with Crippen molar-refractivity contribution in [1.82, 2.24) is 0 Å². The zero-order chi connectivity index (χ0) is 18.6. The molecule has 1 amide bonds. The van der Waals surface area contributed by atoms with Crippen LogP contribution in [0.5, 0.6) is 0 Å². The van der Waals surface area contributed by atoms with E-state index in [0.717, 1.165) is 18.2 Å². The molecule has 0 saturated heterocycles. The number of carbonyl (C=O) groups excluding carboxylic acids is 2. The predicted molar refractivity (Wildman–Crippen MR) is 81.8 cm³/mol. The van der Waals surface area contributed by atoms with Gasteiger partial charge in [0.1, 0.15) is 11.4 Å². The minimum absolute atomic E-state index is 0.215. The molecule has 0 bridgehead atoms. The molecular weight excluding hydrogens is 366 g/mol. The molecule has 1 N–H and O–H groups in total. The fraction of sp³-hybridized carbons (Fsp3) is 0.125. The van der Waals surface area contributed by atoms with Crippen LogP contribution in [0.1, 0.15) is 15.9 Å². The summed E-state index contributed by atoms with van der Waals surface area (Å²) in [6.07, 6.45) is -4.67. The van der Waals surface area contributed by atoms with Crippen molar-refractivity contribution in [2.24, 2.45) is 0 Å². The largest absolute Gasteiger partial charge is 0.452 e. The molecule has 0 aliphatic rings. The molecular formula is C16H10ClF4NO3. The summed E-state index contributed by atoms with van der Waals surface area (Å²) in [5.41, 5.74) is -2.10. The number of hydrogen-bond donors (Lipinski definition) is 1. The molecule has 0 aliphatic heterocycles. The third-order valence-electron chi connectivity index (χ3n) is 3.01. The monoisotopic (exact) mass is 375 g/mol. The number of nitrogens with one attached hydrogen (secondary N) is 1. The van der Waals surface area contributed by atoms with Crippen molar-refractivity contribution in [3.05, 3.63) is 64.4 Å². The molecule has 132 valence electrons. The Bertz CT molecular complexity index is 788. The molecule has 25 heavy (non-hydrogen) atoms. The lowest BCUT2D eigenvalue weighted by Crippen LogP contribution is -2.23. The summed E-state index contributed by atoms with van der Waals surface area (Å²) >= 11 is 5.67. The van der Waals surface area contributed by atoms with Gasteiger partial charge in [-0.05, 0) is 24.3 Å². The Balaban J connectivity index is 2.04. The third kappa shape index (κ3) is 4.69. The van der Waals surface area contributed by atoms with Gasteiger partial charge in [-0.25, -0.2) is 9.18 Å². The first-order chi connectivity index (χ1) is 11.7. The van der Waals surface area contributed by atoms with E-state index < -0.39 is 47.3 Å². The van der Waals surface area contributed by atoms with Crippen LogP contribution in [0.3, 0.4) is 0 Å². The van der Waals surface area contributed by atoms with E-state index in [1.165, 1.54) is 24.3 Å². The molecule has 0 heterocycles. The van der Waals surface area contributed by atoms with E-state index in [1.54, 1.807) is 0 Å². The maximum absolute atomic E-state index is 13.5. The van der Waals surface area contributed by atoms with Crippen molar-refractivity contribution in [1.29, 1.82) is 0 Å². The SMILES string of the molecule is O=C(COC(=O)c1c(F)cccc1Cl)Nc1ccccc1C(F)(F)F. The lowest BCUT2D eigenvalue weighted by Gasteiger charge is -2.13. The molecule has 9 heteroatoms. The molecule has 0 unspecified atom stereocenters. The van der Waals surface area contributed by atoms with Crippen molar-refractivity contribution in [3.63, 3.8) is 0 Å². The summed E-state index contributed by atoms with van der Waals surface area (Å²) in [6, 6.07) is 7.81. The first-order valence-corrected chi connectivity index (χ1v) is 7.15. The second kappa shape index (κ2) is 7.52. The Kier molecular flexibility index (Phi) is 5.63. The van der Waals surface area contributed by atoms with Gasteiger partial charge in [-0.1, -0.05) is 29.8 Å². The second-order valence-corrected chi connectivity index (χ2v) is 5.17. The van der Waals surface area contributed by atoms with E-state index in [9.17, 15) is 27.2 Å². The first kappa shape index (κ1) is 18.7. The van der Waals surface area contributed by atoms with E-state index in [0.29, 0.717) is 0 Å². The standard InChI is InChI=1S/C16H10ClF4NO3/c17-10-5-3-6-11(18)14(10)15(24)25-8-13(23)22-12-7-2-1-4-9(12)16(19,20)21/h1-7H,8H2,(H,22,23). The number of carbonyl (C=O) groups is 2. The average molecular weight is 376 g/mol. The van der Waals surface area contributed by atoms with Gasteiger partial charge in [-0.3, -0.25) is 4.79 Å². The van der Waals surface area contributed by atoms with Gasteiger partial charge >= 0.3 is 12.1 Å². The summed E-state index contributed by atoms with van der Waals surface area (Å²) in [4.78, 5) is 23.5. The number of alkyl halides is 3. The Morgan fingerprint density at radius 2 is 1.76 bits per heavy atom. The van der Waals surface area contributed by atoms with Crippen LogP contribution in [0.2, 0.25) is 5.02 Å². The quantitative estimate of drug-likeness (QED) is 0.640. The highest BCUT2D eigenvalue weighted by Crippen LogP contribution is 2.34. The molecule has 0 aromatic heterocycles. The van der Waals surface area contributed by atoms with Crippen LogP contribution in [-0.4, -0.2) is 18.5 Å². The highest BCUT2D eigenvalue weighted by Gasteiger charge is 2.33. The zero-order valence-electron chi connectivity index (χ0n) is 12.4. The normalized spacial score (nSPS) is 11.1. The Labute approximate surface area is 144 Å². The van der Waals surface area contributed by atoms with E-state index in [2.05, 4.69) is 4.74 Å². The van der Waals surface area contributed by atoms with Crippen LogP contribution in [0.4, 0.5) is 23.2 Å². The van der Waals surface area contributed by atoms with Crippen LogP contribution >= 0.6 is 11.6 Å². The highest BCUT2D eigenvalue weighted by molar-refractivity contribution is 6.33. The molecule has 0 spiro atoms. The van der Waals surface area contributed by atoms with Gasteiger partial charge in [-0.15, -0.1) is 0 Å². The van der Waals surface area contributed by atoms with Crippen molar-refractivity contribution < 1.29 is 31.9 Å². The van der Waals surface area contributed by atoms with Gasteiger partial charge in [0, 0.05) is 0 Å². The fourth-order valence-electron chi connectivity index (χ4n) is 1.92. The summed E-state index contributed by atoms with van der Waals surface area (Å²) in [5, 5.41) is 1.78. The van der Waals surface area contributed by atoms with Crippen LogP contribution in [0.25, 0.3) is 0 Å². The molecule has 4 nitrogen and oxygen atoms in total. The Morgan fingerprint density at radius 3 is 2.40 bits per heavy atom. The highest BCUT2D eigenvalue weighted by atomic mass is 35.5. The Morgan fingerprint density at radius 1 is 1.08 bits per heavy atom. The summed E-state index contributed by atoms with van der Waals surface area (Å²) < 4.78 is 56.6. The summed E-state index contributed by atoms with van der Waals surface area (Å²) in [5.74, 6) is -3.17. The van der Waals surface area contributed by atoms with Crippen LogP contribution in [0, 0.1) is 5.82 Å². The smallest absolute Gasteiger partial charge is 0.418 e. The first-order valence-electron chi connectivity index (χ1n) is 6.77. The number of rotatable bonds is 4. The fourth-order valence-corrected chi connectivity index (χ4v) is 2.16. The van der Waals surface area contributed by atoms with E-state index in [1.807, 2.05) is 5.32 Å². The van der Waals surface area contributed by atoms with Crippen LogP contribution < -0.4 is 5.32 Å². The lowest BCUT2D eigenvalue weighted by molar-refractivity contribution is -0.137. The maximum atomic E-state index is 13.5. The van der Waals surface area contributed by atoms with Gasteiger partial charge in [0.15, 0.2) is 6.61 Å².